The van der Waals surface area contributed by atoms with Crippen LogP contribution >= 0.6 is 0 Å². The molecule has 0 aromatic heterocycles. The molecule has 0 atom stereocenters. The third kappa shape index (κ3) is 31.6. The molecule has 0 aliphatic carbocycles. The van der Waals surface area contributed by atoms with Crippen molar-refractivity contribution in [1.82, 2.24) is 0 Å². The van der Waals surface area contributed by atoms with Crippen LogP contribution in [0.25, 0.3) is 0 Å². The molecule has 0 saturated heterocycles. The van der Waals surface area contributed by atoms with E-state index in [4.69, 9.17) is 15.3 Å². The average molecular weight is 426 g/mol. The number of hydrogen-bond acceptors (Lipinski definition) is 3. The molecule has 6 nitrogen and oxygen atoms in total. The standard InChI is InChI=1S/3C4H6O2.Er/c3*1-3(2)4(5)6;/h3*1H2,2H3,(H,5,6);. The summed E-state index contributed by atoms with van der Waals surface area (Å²) >= 11 is 0. The van der Waals surface area contributed by atoms with E-state index >= 15 is 0 Å². The molecule has 0 amide bonds. The first-order chi connectivity index (χ1) is 7.93. The van der Waals surface area contributed by atoms with E-state index in [-0.39, 0.29) is 54.0 Å². The van der Waals surface area contributed by atoms with Crippen LogP contribution in [0.15, 0.2) is 36.5 Å². The van der Waals surface area contributed by atoms with Crippen LogP contribution < -0.4 is 0 Å². The van der Waals surface area contributed by atoms with Gasteiger partial charge in [0, 0.05) is 54.0 Å². The monoisotopic (exact) mass is 424 g/mol. The molecule has 0 heterocycles. The van der Waals surface area contributed by atoms with Crippen LogP contribution in [0.2, 0.25) is 0 Å². The van der Waals surface area contributed by atoms with Gasteiger partial charge in [-0.2, -0.15) is 0 Å². The molecular formula is C12H18ErO6. The Labute approximate surface area is 141 Å². The van der Waals surface area contributed by atoms with Crippen LogP contribution in [0.3, 0.4) is 0 Å². The van der Waals surface area contributed by atoms with Gasteiger partial charge in [-0.15, -0.1) is 0 Å². The second-order valence-electron chi connectivity index (χ2n) is 3.26. The zero-order valence-electron chi connectivity index (χ0n) is 11.0. The first-order valence-electron chi connectivity index (χ1n) is 4.59. The minimum Gasteiger partial charge on any atom is -0.478 e. The van der Waals surface area contributed by atoms with E-state index in [2.05, 4.69) is 19.7 Å². The summed E-state index contributed by atoms with van der Waals surface area (Å²) in [5, 5.41) is 23.7. The summed E-state index contributed by atoms with van der Waals surface area (Å²) in [7, 11) is 0. The molecule has 0 saturated carbocycles. The zero-order chi connectivity index (χ0) is 15.5. The molecule has 3 N–H and O–H groups in total. The molecule has 0 aliphatic rings. The maximum absolute atomic E-state index is 9.60. The molecule has 7 heteroatoms. The second kappa shape index (κ2) is 14.9. The summed E-state index contributed by atoms with van der Waals surface area (Å²) in [6, 6.07) is 0. The van der Waals surface area contributed by atoms with E-state index in [1.54, 1.807) is 0 Å². The number of carboxylic acids is 3. The van der Waals surface area contributed by atoms with Gasteiger partial charge in [0.2, 0.25) is 0 Å². The second-order valence-corrected chi connectivity index (χ2v) is 3.26. The number of carboxylic acid groups (broad SMARTS) is 3. The molecule has 0 aliphatic heterocycles. The van der Waals surface area contributed by atoms with Crippen molar-refractivity contribution in [3.05, 3.63) is 36.5 Å². The van der Waals surface area contributed by atoms with Gasteiger partial charge in [0.25, 0.3) is 0 Å². The molecule has 0 bridgehead atoms. The van der Waals surface area contributed by atoms with Gasteiger partial charge in [-0.05, 0) is 20.8 Å². The van der Waals surface area contributed by atoms with Gasteiger partial charge in [0.15, 0.2) is 0 Å². The van der Waals surface area contributed by atoms with Crippen LogP contribution in [0, 0.1) is 37.3 Å². The Kier molecular flexibility index (Phi) is 20.8. The van der Waals surface area contributed by atoms with Crippen molar-refractivity contribution in [3.63, 3.8) is 0 Å². The van der Waals surface area contributed by atoms with Gasteiger partial charge >= 0.3 is 17.9 Å². The van der Waals surface area contributed by atoms with Gasteiger partial charge in [0.05, 0.1) is 0 Å². The van der Waals surface area contributed by atoms with Gasteiger partial charge in [-0.1, -0.05) is 19.7 Å². The fourth-order valence-electron chi connectivity index (χ4n) is 0. The zero-order valence-corrected chi connectivity index (χ0v) is 12.8. The third-order valence-corrected chi connectivity index (χ3v) is 1.10. The maximum atomic E-state index is 9.60. The predicted molar refractivity (Wildman–Crippen MR) is 67.3 cm³/mol. The van der Waals surface area contributed by atoms with E-state index < -0.39 is 17.9 Å². The topological polar surface area (TPSA) is 112 Å². The number of aliphatic carboxylic acids is 3. The average Bonchev–Trinajstić information content (AvgIpc) is 2.18. The van der Waals surface area contributed by atoms with Crippen molar-refractivity contribution >= 4 is 17.9 Å². The number of carbonyl (C=O) groups is 3. The Morgan fingerprint density at radius 3 is 0.684 bits per heavy atom. The molecular weight excluding hydrogens is 407 g/mol. The Morgan fingerprint density at radius 1 is 0.632 bits per heavy atom. The van der Waals surface area contributed by atoms with E-state index in [1.165, 1.54) is 20.8 Å². The van der Waals surface area contributed by atoms with Gasteiger partial charge in [-0.25, -0.2) is 14.4 Å². The van der Waals surface area contributed by atoms with Crippen molar-refractivity contribution < 1.29 is 67.0 Å². The number of rotatable bonds is 3. The van der Waals surface area contributed by atoms with Crippen molar-refractivity contribution in [2.24, 2.45) is 0 Å². The molecule has 19 heavy (non-hydrogen) atoms. The molecule has 0 spiro atoms. The van der Waals surface area contributed by atoms with Crippen LogP contribution in [-0.4, -0.2) is 33.2 Å². The molecule has 0 rings (SSSR count). The fraction of sp³-hybridized carbons (Fsp3) is 0.250. The Morgan fingerprint density at radius 2 is 0.684 bits per heavy atom. The smallest absolute Gasteiger partial charge is 0.330 e. The van der Waals surface area contributed by atoms with Crippen LogP contribution in [0.5, 0.6) is 0 Å². The van der Waals surface area contributed by atoms with E-state index in [0.29, 0.717) is 0 Å². The first-order valence-corrected chi connectivity index (χ1v) is 4.59. The SMILES string of the molecule is C=C(C)C(=O)O.C=C(C)C(=O)O.C=C(C)C(=O)O.[Er]. The van der Waals surface area contributed by atoms with Gasteiger partial charge < -0.3 is 15.3 Å². The van der Waals surface area contributed by atoms with Crippen LogP contribution in [-0.2, 0) is 14.4 Å². The molecule has 0 aromatic carbocycles. The summed E-state index contributed by atoms with van der Waals surface area (Å²) in [5.41, 5.74) is 0.528. The molecule has 0 aromatic rings. The van der Waals surface area contributed by atoms with Crippen molar-refractivity contribution in [1.29, 1.82) is 0 Å². The van der Waals surface area contributed by atoms with E-state index in [0.717, 1.165) is 0 Å². The quantitative estimate of drug-likeness (QED) is 0.596. The minimum absolute atomic E-state index is 0. The Hall–Kier alpha value is -1.12. The summed E-state index contributed by atoms with van der Waals surface area (Å²) in [6.07, 6.45) is 0. The third-order valence-electron chi connectivity index (χ3n) is 1.10. The predicted octanol–water partition coefficient (Wildman–Crippen LogP) is 1.94. The van der Waals surface area contributed by atoms with E-state index in [1.807, 2.05) is 0 Å². The van der Waals surface area contributed by atoms with E-state index in [9.17, 15) is 14.4 Å². The summed E-state index contributed by atoms with van der Waals surface area (Å²) in [4.78, 5) is 28.8. The summed E-state index contributed by atoms with van der Waals surface area (Å²) in [5.74, 6) is -2.81. The summed E-state index contributed by atoms with van der Waals surface area (Å²) < 4.78 is 0. The number of hydrogen-bond donors (Lipinski definition) is 3. The van der Waals surface area contributed by atoms with Crippen LogP contribution in [0.1, 0.15) is 20.8 Å². The largest absolute Gasteiger partial charge is 0.478 e. The normalized spacial score (nSPS) is 7.11. The molecule has 0 fully saturated rings. The molecule has 0 unspecified atom stereocenters. The summed E-state index contributed by atoms with van der Waals surface area (Å²) in [6.45, 7) is 13.8. The fourth-order valence-corrected chi connectivity index (χ4v) is 0. The maximum Gasteiger partial charge on any atom is 0.330 e. The van der Waals surface area contributed by atoms with Crippen molar-refractivity contribution in [2.75, 3.05) is 0 Å². The molecule has 114 valence electrons. The first kappa shape index (κ1) is 26.4. The van der Waals surface area contributed by atoms with Gasteiger partial charge in [0.1, 0.15) is 0 Å². The van der Waals surface area contributed by atoms with Crippen molar-refractivity contribution in [2.45, 2.75) is 20.8 Å². The van der Waals surface area contributed by atoms with Crippen molar-refractivity contribution in [3.8, 4) is 0 Å². The molecule has 0 radical (unpaired) electrons. The van der Waals surface area contributed by atoms with Crippen LogP contribution in [0.4, 0.5) is 0 Å². The van der Waals surface area contributed by atoms with Gasteiger partial charge in [-0.3, -0.25) is 0 Å². The Balaban J connectivity index is -0.0000000865. The minimum atomic E-state index is -0.935. The Bertz CT molecular complexity index is 277.